The van der Waals surface area contributed by atoms with Crippen molar-refractivity contribution >= 4 is 12.2 Å². The first kappa shape index (κ1) is 12.8. The van der Waals surface area contributed by atoms with E-state index in [-0.39, 0.29) is 5.56 Å². The van der Waals surface area contributed by atoms with Gasteiger partial charge in [0.05, 0.1) is 11.8 Å². The first-order valence-electron chi connectivity index (χ1n) is 6.05. The van der Waals surface area contributed by atoms with Crippen molar-refractivity contribution in [2.45, 2.75) is 0 Å². The quantitative estimate of drug-likeness (QED) is 0.740. The summed E-state index contributed by atoms with van der Waals surface area (Å²) >= 11 is 0. The number of rotatable bonds is 4. The minimum absolute atomic E-state index is 0.212. The van der Waals surface area contributed by atoms with E-state index in [2.05, 4.69) is 15.3 Å². The van der Waals surface area contributed by atoms with Crippen LogP contribution in [0, 0.1) is 0 Å². The molecule has 3 rings (SSSR count). The van der Waals surface area contributed by atoms with E-state index in [1.54, 1.807) is 30.3 Å². The topological polar surface area (TPSA) is 93.5 Å². The molecule has 1 N–H and O–H groups in total. The van der Waals surface area contributed by atoms with Crippen molar-refractivity contribution in [3.8, 4) is 11.3 Å². The third-order valence-corrected chi connectivity index (χ3v) is 2.75. The molecule has 0 amide bonds. The molecule has 0 atom stereocenters. The summed E-state index contributed by atoms with van der Waals surface area (Å²) in [5.74, 6) is 0.139. The third kappa shape index (κ3) is 2.86. The van der Waals surface area contributed by atoms with Crippen LogP contribution < -0.4 is 0 Å². The van der Waals surface area contributed by atoms with E-state index in [0.717, 1.165) is 0 Å². The number of nitrogens with zero attached hydrogens (tertiary/aromatic N) is 4. The highest BCUT2D eigenvalue weighted by Crippen LogP contribution is 2.22. The van der Waals surface area contributed by atoms with Crippen LogP contribution >= 0.6 is 0 Å². The van der Waals surface area contributed by atoms with Crippen LogP contribution in [0.4, 0.5) is 0 Å². The molecular weight excluding hydrogens is 272 g/mol. The Bertz CT molecular complexity index is 790. The van der Waals surface area contributed by atoms with E-state index in [4.69, 9.17) is 9.52 Å². The molecule has 0 fully saturated rings. The molecule has 0 saturated heterocycles. The number of hydrogen-bond acceptors (Lipinski definition) is 5. The van der Waals surface area contributed by atoms with Gasteiger partial charge in [0, 0.05) is 5.56 Å². The van der Waals surface area contributed by atoms with Gasteiger partial charge in [0.15, 0.2) is 0 Å². The fraction of sp³-hybridized carbons (Fsp3) is 0. The molecule has 0 saturated carbocycles. The maximum atomic E-state index is 11.0. The summed E-state index contributed by atoms with van der Waals surface area (Å²) < 4.78 is 7.04. The minimum atomic E-state index is -0.974. The number of hydrogen-bond donors (Lipinski definition) is 1. The zero-order chi connectivity index (χ0) is 14.7. The first-order valence-corrected chi connectivity index (χ1v) is 6.05. The standard InChI is InChI=1S/C14H10N4O3/c19-14(20)11-3-1-2-10(6-11)13-5-4-12(21-13)7-17-18-8-15-16-9-18/h1-9H,(H,19,20)/b17-7+. The van der Waals surface area contributed by atoms with Gasteiger partial charge in [0.2, 0.25) is 0 Å². The number of furan rings is 1. The number of benzene rings is 1. The van der Waals surface area contributed by atoms with E-state index in [0.29, 0.717) is 17.1 Å². The van der Waals surface area contributed by atoms with Gasteiger partial charge < -0.3 is 9.52 Å². The van der Waals surface area contributed by atoms with Crippen molar-refractivity contribution in [3.05, 3.63) is 60.4 Å². The Balaban J connectivity index is 1.84. The molecule has 0 bridgehead atoms. The van der Waals surface area contributed by atoms with Crippen molar-refractivity contribution in [2.75, 3.05) is 0 Å². The number of aromatic nitrogens is 3. The SMILES string of the molecule is O=C(O)c1cccc(-c2ccc(/C=N/n3cnnc3)o2)c1. The highest BCUT2D eigenvalue weighted by atomic mass is 16.4. The van der Waals surface area contributed by atoms with Crippen LogP contribution in [0.2, 0.25) is 0 Å². The molecule has 21 heavy (non-hydrogen) atoms. The van der Waals surface area contributed by atoms with E-state index >= 15 is 0 Å². The maximum absolute atomic E-state index is 11.0. The van der Waals surface area contributed by atoms with Crippen molar-refractivity contribution in [1.29, 1.82) is 0 Å². The van der Waals surface area contributed by atoms with E-state index < -0.39 is 5.97 Å². The normalized spacial score (nSPS) is 11.0. The number of carboxylic acids is 1. The molecule has 0 spiro atoms. The Morgan fingerprint density at radius 3 is 2.81 bits per heavy atom. The average Bonchev–Trinajstić information content (AvgIpc) is 3.17. The Morgan fingerprint density at radius 1 is 1.24 bits per heavy atom. The van der Waals surface area contributed by atoms with Crippen LogP contribution in [0.5, 0.6) is 0 Å². The molecule has 0 aliphatic heterocycles. The lowest BCUT2D eigenvalue weighted by Gasteiger charge is -1.98. The van der Waals surface area contributed by atoms with Crippen LogP contribution in [0.25, 0.3) is 11.3 Å². The molecule has 7 heteroatoms. The zero-order valence-corrected chi connectivity index (χ0v) is 10.7. The fourth-order valence-corrected chi connectivity index (χ4v) is 1.76. The van der Waals surface area contributed by atoms with Gasteiger partial charge >= 0.3 is 5.97 Å². The average molecular weight is 282 g/mol. The summed E-state index contributed by atoms with van der Waals surface area (Å²) in [4.78, 5) is 11.0. The molecule has 0 unspecified atom stereocenters. The van der Waals surface area contributed by atoms with Gasteiger partial charge in [0.1, 0.15) is 24.2 Å². The van der Waals surface area contributed by atoms with Gasteiger partial charge in [-0.25, -0.2) is 9.47 Å². The van der Waals surface area contributed by atoms with Gasteiger partial charge in [-0.1, -0.05) is 12.1 Å². The molecule has 3 aromatic rings. The minimum Gasteiger partial charge on any atom is -0.478 e. The Morgan fingerprint density at radius 2 is 2.05 bits per heavy atom. The van der Waals surface area contributed by atoms with Gasteiger partial charge in [-0.2, -0.15) is 5.10 Å². The Hall–Kier alpha value is -3.22. The lowest BCUT2D eigenvalue weighted by Crippen LogP contribution is -1.95. The van der Waals surface area contributed by atoms with E-state index in [9.17, 15) is 4.79 Å². The van der Waals surface area contributed by atoms with Gasteiger partial charge in [-0.05, 0) is 24.3 Å². The predicted octanol–water partition coefficient (Wildman–Crippen LogP) is 2.12. The maximum Gasteiger partial charge on any atom is 0.335 e. The number of carboxylic acid groups (broad SMARTS) is 1. The summed E-state index contributed by atoms with van der Waals surface area (Å²) in [7, 11) is 0. The van der Waals surface area contributed by atoms with Crippen molar-refractivity contribution < 1.29 is 14.3 Å². The monoisotopic (exact) mass is 282 g/mol. The molecule has 0 aliphatic rings. The van der Waals surface area contributed by atoms with Crippen LogP contribution in [0.3, 0.4) is 0 Å². The summed E-state index contributed by atoms with van der Waals surface area (Å²) in [5.41, 5.74) is 0.905. The third-order valence-electron chi connectivity index (χ3n) is 2.75. The number of aromatic carboxylic acids is 1. The van der Waals surface area contributed by atoms with Crippen LogP contribution in [-0.2, 0) is 0 Å². The summed E-state index contributed by atoms with van der Waals surface area (Å²) in [5, 5.41) is 20.3. The first-order chi connectivity index (χ1) is 10.2. The second-order valence-electron chi connectivity index (χ2n) is 4.17. The second kappa shape index (κ2) is 5.41. The van der Waals surface area contributed by atoms with Crippen LogP contribution in [0.1, 0.15) is 16.1 Å². The molecule has 1 aromatic carbocycles. The highest BCUT2D eigenvalue weighted by Gasteiger charge is 2.07. The van der Waals surface area contributed by atoms with Crippen LogP contribution in [0.15, 0.2) is 58.6 Å². The number of carbonyl (C=O) groups is 1. The Kier molecular flexibility index (Phi) is 3.30. The smallest absolute Gasteiger partial charge is 0.335 e. The van der Waals surface area contributed by atoms with E-state index in [1.807, 2.05) is 0 Å². The highest BCUT2D eigenvalue weighted by molar-refractivity contribution is 5.89. The molecule has 2 heterocycles. The molecule has 7 nitrogen and oxygen atoms in total. The predicted molar refractivity (Wildman–Crippen MR) is 74.1 cm³/mol. The lowest BCUT2D eigenvalue weighted by molar-refractivity contribution is 0.0697. The Labute approximate surface area is 119 Å². The summed E-state index contributed by atoms with van der Waals surface area (Å²) in [6.07, 6.45) is 4.43. The molecular formula is C14H10N4O3. The molecule has 0 radical (unpaired) electrons. The van der Waals surface area contributed by atoms with Gasteiger partial charge in [-0.3, -0.25) is 0 Å². The van der Waals surface area contributed by atoms with Crippen molar-refractivity contribution in [1.82, 2.24) is 14.9 Å². The van der Waals surface area contributed by atoms with Crippen molar-refractivity contribution in [2.24, 2.45) is 5.10 Å². The second-order valence-corrected chi connectivity index (χ2v) is 4.17. The van der Waals surface area contributed by atoms with Crippen molar-refractivity contribution in [3.63, 3.8) is 0 Å². The lowest BCUT2D eigenvalue weighted by atomic mass is 10.1. The molecule has 2 aromatic heterocycles. The van der Waals surface area contributed by atoms with Crippen LogP contribution in [-0.4, -0.2) is 32.2 Å². The molecule has 104 valence electrons. The van der Waals surface area contributed by atoms with E-state index in [1.165, 1.54) is 29.6 Å². The molecule has 0 aliphatic carbocycles. The zero-order valence-electron chi connectivity index (χ0n) is 10.7. The fourth-order valence-electron chi connectivity index (χ4n) is 1.76. The largest absolute Gasteiger partial charge is 0.478 e. The summed E-state index contributed by atoms with van der Waals surface area (Å²) in [6, 6.07) is 10.0. The van der Waals surface area contributed by atoms with Gasteiger partial charge in [0.25, 0.3) is 0 Å². The van der Waals surface area contributed by atoms with Gasteiger partial charge in [-0.15, -0.1) is 10.2 Å². The summed E-state index contributed by atoms with van der Waals surface area (Å²) in [6.45, 7) is 0.